The molecule has 0 fully saturated rings. The van der Waals surface area contributed by atoms with Gasteiger partial charge in [-0.05, 0) is 44.2 Å². The summed E-state index contributed by atoms with van der Waals surface area (Å²) in [6, 6.07) is 5.76. The van der Waals surface area contributed by atoms with E-state index in [0.29, 0.717) is 26.2 Å². The Balaban J connectivity index is 1.33. The molecule has 130 valence electrons. The normalized spacial score (nSPS) is 16.2. The summed E-state index contributed by atoms with van der Waals surface area (Å²) in [5.74, 6) is 1.63. The second kappa shape index (κ2) is 8.62. The maximum Gasteiger partial charge on any atom is 0.221 e. The lowest BCUT2D eigenvalue weighted by Crippen LogP contribution is -2.26. The first-order valence-corrected chi connectivity index (χ1v) is 8.89. The fourth-order valence-electron chi connectivity index (χ4n) is 3.06. The molecule has 0 aromatic heterocycles. The van der Waals surface area contributed by atoms with Crippen molar-refractivity contribution in [1.29, 1.82) is 0 Å². The number of benzene rings is 1. The van der Waals surface area contributed by atoms with Gasteiger partial charge in [-0.2, -0.15) is 0 Å². The highest BCUT2D eigenvalue weighted by Crippen LogP contribution is 2.32. The minimum Gasteiger partial charge on any atom is -0.486 e. The van der Waals surface area contributed by atoms with Gasteiger partial charge >= 0.3 is 0 Å². The number of rotatable bonds is 7. The number of nitrogens with one attached hydrogen (secondary N) is 2. The van der Waals surface area contributed by atoms with Crippen LogP contribution in [-0.2, 0) is 4.79 Å². The Labute approximate surface area is 143 Å². The topological polar surface area (TPSA) is 59.6 Å². The van der Waals surface area contributed by atoms with Gasteiger partial charge in [-0.15, -0.1) is 0 Å². The molecule has 1 amide bonds. The Morgan fingerprint density at radius 1 is 1.08 bits per heavy atom. The molecule has 0 radical (unpaired) electrons. The standard InChI is InChI=1S/C19H26N2O3/c22-19(21-10-8-15-4-2-1-3-5-15)9-11-20-16-6-7-17-18(14-16)24-13-12-23-17/h4,6-7,14,20H,1-3,5,8-13H2,(H,21,22). The summed E-state index contributed by atoms with van der Waals surface area (Å²) < 4.78 is 11.0. The zero-order chi connectivity index (χ0) is 16.6. The molecule has 5 nitrogen and oxygen atoms in total. The maximum absolute atomic E-state index is 11.9. The second-order valence-corrected chi connectivity index (χ2v) is 6.24. The number of carbonyl (C=O) groups excluding carboxylic acids is 1. The van der Waals surface area contributed by atoms with Crippen molar-refractivity contribution in [2.75, 3.05) is 31.6 Å². The van der Waals surface area contributed by atoms with Gasteiger partial charge in [0.25, 0.3) is 0 Å². The van der Waals surface area contributed by atoms with E-state index in [9.17, 15) is 4.79 Å². The quantitative estimate of drug-likeness (QED) is 0.753. The summed E-state index contributed by atoms with van der Waals surface area (Å²) in [6.07, 6.45) is 8.78. The molecule has 0 spiro atoms. The van der Waals surface area contributed by atoms with Crippen molar-refractivity contribution in [2.24, 2.45) is 0 Å². The Bertz CT molecular complexity index is 598. The third-order valence-electron chi connectivity index (χ3n) is 4.38. The third-order valence-corrected chi connectivity index (χ3v) is 4.38. The van der Waals surface area contributed by atoms with Gasteiger partial charge < -0.3 is 20.1 Å². The van der Waals surface area contributed by atoms with Gasteiger partial charge in [0.1, 0.15) is 13.2 Å². The SMILES string of the molecule is O=C(CCNc1ccc2c(c1)OCCO2)NCCC1=CCCCC1. The molecule has 24 heavy (non-hydrogen) atoms. The van der Waals surface area contributed by atoms with Crippen LogP contribution in [0.1, 0.15) is 38.5 Å². The van der Waals surface area contributed by atoms with E-state index in [0.717, 1.165) is 30.2 Å². The number of hydrogen-bond acceptors (Lipinski definition) is 4. The number of hydrogen-bond donors (Lipinski definition) is 2. The van der Waals surface area contributed by atoms with Crippen molar-refractivity contribution in [1.82, 2.24) is 5.32 Å². The van der Waals surface area contributed by atoms with E-state index in [-0.39, 0.29) is 5.91 Å². The van der Waals surface area contributed by atoms with Crippen LogP contribution < -0.4 is 20.1 Å². The van der Waals surface area contributed by atoms with Crippen LogP contribution in [0, 0.1) is 0 Å². The van der Waals surface area contributed by atoms with E-state index in [1.165, 1.54) is 31.3 Å². The summed E-state index contributed by atoms with van der Waals surface area (Å²) >= 11 is 0. The van der Waals surface area contributed by atoms with Crippen molar-refractivity contribution >= 4 is 11.6 Å². The monoisotopic (exact) mass is 330 g/mol. The molecule has 3 rings (SSSR count). The van der Waals surface area contributed by atoms with Crippen LogP contribution in [0.4, 0.5) is 5.69 Å². The molecule has 1 heterocycles. The molecule has 0 atom stereocenters. The zero-order valence-electron chi connectivity index (χ0n) is 14.1. The van der Waals surface area contributed by atoms with Crippen molar-refractivity contribution in [3.63, 3.8) is 0 Å². The van der Waals surface area contributed by atoms with Crippen LogP contribution in [0.25, 0.3) is 0 Å². The number of fused-ring (bicyclic) bond motifs is 1. The molecule has 0 saturated carbocycles. The van der Waals surface area contributed by atoms with Gasteiger partial charge in [0.05, 0.1) is 0 Å². The number of anilines is 1. The Morgan fingerprint density at radius 2 is 1.96 bits per heavy atom. The highest BCUT2D eigenvalue weighted by Gasteiger charge is 2.11. The van der Waals surface area contributed by atoms with Gasteiger partial charge in [-0.3, -0.25) is 4.79 Å². The molecule has 5 heteroatoms. The molecular formula is C19H26N2O3. The van der Waals surface area contributed by atoms with E-state index in [4.69, 9.17) is 9.47 Å². The fourth-order valence-corrected chi connectivity index (χ4v) is 3.06. The number of allylic oxidation sites excluding steroid dienone is 1. The molecule has 1 aliphatic heterocycles. The summed E-state index contributed by atoms with van der Waals surface area (Å²) in [5.41, 5.74) is 2.44. The van der Waals surface area contributed by atoms with Crippen molar-refractivity contribution < 1.29 is 14.3 Å². The smallest absolute Gasteiger partial charge is 0.221 e. The predicted molar refractivity (Wildman–Crippen MR) is 94.7 cm³/mol. The van der Waals surface area contributed by atoms with Crippen LogP contribution in [0.3, 0.4) is 0 Å². The highest BCUT2D eigenvalue weighted by molar-refractivity contribution is 5.76. The number of ether oxygens (including phenoxy) is 2. The van der Waals surface area contributed by atoms with Crippen molar-refractivity contribution in [2.45, 2.75) is 38.5 Å². The summed E-state index contributed by atoms with van der Waals surface area (Å²) in [6.45, 7) is 2.52. The van der Waals surface area contributed by atoms with E-state index >= 15 is 0 Å². The fraction of sp³-hybridized carbons (Fsp3) is 0.526. The predicted octanol–water partition coefficient (Wildman–Crippen LogP) is 3.27. The van der Waals surface area contributed by atoms with Crippen LogP contribution >= 0.6 is 0 Å². The minimum atomic E-state index is 0.0939. The lowest BCUT2D eigenvalue weighted by molar-refractivity contribution is -0.120. The van der Waals surface area contributed by atoms with Crippen LogP contribution in [0.5, 0.6) is 11.5 Å². The van der Waals surface area contributed by atoms with Crippen LogP contribution in [0.2, 0.25) is 0 Å². The molecule has 2 aliphatic rings. The van der Waals surface area contributed by atoms with E-state index in [1.54, 1.807) is 0 Å². The van der Waals surface area contributed by atoms with E-state index in [1.807, 2.05) is 18.2 Å². The average molecular weight is 330 g/mol. The highest BCUT2D eigenvalue weighted by atomic mass is 16.6. The van der Waals surface area contributed by atoms with Gasteiger partial charge in [-0.1, -0.05) is 11.6 Å². The first-order chi connectivity index (χ1) is 11.8. The van der Waals surface area contributed by atoms with E-state index < -0.39 is 0 Å². The number of amides is 1. The van der Waals surface area contributed by atoms with Crippen LogP contribution in [-0.4, -0.2) is 32.2 Å². The van der Waals surface area contributed by atoms with Crippen LogP contribution in [0.15, 0.2) is 29.8 Å². The molecule has 0 unspecified atom stereocenters. The van der Waals surface area contributed by atoms with E-state index in [2.05, 4.69) is 16.7 Å². The second-order valence-electron chi connectivity index (χ2n) is 6.24. The Morgan fingerprint density at radius 3 is 2.79 bits per heavy atom. The average Bonchev–Trinajstić information content (AvgIpc) is 2.62. The lowest BCUT2D eigenvalue weighted by atomic mass is 9.97. The lowest BCUT2D eigenvalue weighted by Gasteiger charge is -2.19. The Kier molecular flexibility index (Phi) is 5.99. The van der Waals surface area contributed by atoms with Crippen molar-refractivity contribution in [3.8, 4) is 11.5 Å². The third kappa shape index (κ3) is 4.91. The number of carbonyl (C=O) groups is 1. The largest absolute Gasteiger partial charge is 0.486 e. The van der Waals surface area contributed by atoms with Gasteiger partial charge in [-0.25, -0.2) is 0 Å². The summed E-state index contributed by atoms with van der Waals surface area (Å²) in [4.78, 5) is 11.9. The molecule has 1 aromatic carbocycles. The van der Waals surface area contributed by atoms with Gasteiger partial charge in [0.15, 0.2) is 11.5 Å². The van der Waals surface area contributed by atoms with Gasteiger partial charge in [0, 0.05) is 31.3 Å². The molecule has 1 aliphatic carbocycles. The summed E-state index contributed by atoms with van der Waals surface area (Å²) in [7, 11) is 0. The summed E-state index contributed by atoms with van der Waals surface area (Å²) in [5, 5.41) is 6.26. The molecule has 0 bridgehead atoms. The maximum atomic E-state index is 11.9. The van der Waals surface area contributed by atoms with Gasteiger partial charge in [0.2, 0.25) is 5.91 Å². The van der Waals surface area contributed by atoms with Crippen molar-refractivity contribution in [3.05, 3.63) is 29.8 Å². The zero-order valence-corrected chi connectivity index (χ0v) is 14.1. The molecule has 0 saturated heterocycles. The molecule has 2 N–H and O–H groups in total. The first-order valence-electron chi connectivity index (χ1n) is 8.89. The Hall–Kier alpha value is -2.17. The first kappa shape index (κ1) is 16.7. The minimum absolute atomic E-state index is 0.0939. The molecule has 1 aromatic rings. The molecular weight excluding hydrogens is 304 g/mol.